The van der Waals surface area contributed by atoms with Crippen molar-refractivity contribution in [2.75, 3.05) is 13.1 Å². The highest BCUT2D eigenvalue weighted by Gasteiger charge is 2.42. The number of esters is 1. The van der Waals surface area contributed by atoms with Crippen LogP contribution < -0.4 is 9.46 Å². The molecule has 1 fully saturated rings. The van der Waals surface area contributed by atoms with Crippen molar-refractivity contribution in [3.63, 3.8) is 0 Å². The molecule has 202 valence electrons. The second-order valence-corrected chi connectivity index (χ2v) is 12.2. The zero-order valence-corrected chi connectivity index (χ0v) is 23.0. The van der Waals surface area contributed by atoms with Gasteiger partial charge in [-0.25, -0.2) is 13.1 Å². The maximum absolute atomic E-state index is 13.2. The molecule has 3 aromatic rings. The van der Waals surface area contributed by atoms with Gasteiger partial charge in [-0.05, 0) is 64.1 Å². The average molecular weight is 540 g/mol. The summed E-state index contributed by atoms with van der Waals surface area (Å²) >= 11 is 0. The van der Waals surface area contributed by atoms with Crippen molar-refractivity contribution in [2.24, 2.45) is 5.92 Å². The number of hydrogen-bond acceptors (Lipinski definition) is 7. The van der Waals surface area contributed by atoms with Crippen LogP contribution in [0.5, 0.6) is 5.75 Å². The highest BCUT2D eigenvalue weighted by molar-refractivity contribution is 7.89. The first-order chi connectivity index (χ1) is 17.8. The number of amides is 1. The number of rotatable bonds is 7. The van der Waals surface area contributed by atoms with Gasteiger partial charge in [-0.1, -0.05) is 18.2 Å². The van der Waals surface area contributed by atoms with E-state index in [1.165, 1.54) is 24.0 Å². The van der Waals surface area contributed by atoms with Gasteiger partial charge in [0.15, 0.2) is 0 Å². The number of aryl methyl sites for hydroxylation is 1. The number of fused-ring (bicyclic) bond motifs is 1. The van der Waals surface area contributed by atoms with Gasteiger partial charge >= 0.3 is 5.97 Å². The van der Waals surface area contributed by atoms with Crippen molar-refractivity contribution < 1.29 is 27.5 Å². The number of hydrogen-bond donors (Lipinski definition) is 1. The highest BCUT2D eigenvalue weighted by atomic mass is 32.2. The molecule has 9 nitrogen and oxygen atoms in total. The molecule has 10 heteroatoms. The van der Waals surface area contributed by atoms with Crippen molar-refractivity contribution in [2.45, 2.75) is 57.8 Å². The van der Waals surface area contributed by atoms with E-state index in [2.05, 4.69) is 9.71 Å². The Morgan fingerprint density at radius 3 is 2.42 bits per heavy atom. The number of likely N-dealkylation sites (tertiary alicyclic amines) is 1. The number of nitrogens with one attached hydrogen (secondary N) is 1. The fourth-order valence-electron chi connectivity index (χ4n) is 4.45. The SMILES string of the molecule is CC(=O)N1C[C@H](NS(=O)(=O)c2ccc(OCc3cc(C)nc4ccccc34)cc2)[C@H](C(=O)OC(C)(C)C)C1. The summed E-state index contributed by atoms with van der Waals surface area (Å²) in [6.07, 6.45) is 0. The highest BCUT2D eigenvalue weighted by Crippen LogP contribution is 2.25. The predicted molar refractivity (Wildman–Crippen MR) is 143 cm³/mol. The molecule has 0 spiro atoms. The molecule has 0 unspecified atom stereocenters. The quantitative estimate of drug-likeness (QED) is 0.456. The smallest absolute Gasteiger partial charge is 0.312 e. The summed E-state index contributed by atoms with van der Waals surface area (Å²) in [6, 6.07) is 15.1. The molecule has 2 heterocycles. The maximum Gasteiger partial charge on any atom is 0.312 e. The molecule has 1 aliphatic heterocycles. The third-order valence-corrected chi connectivity index (χ3v) is 7.75. The summed E-state index contributed by atoms with van der Waals surface area (Å²) in [6.45, 7) is 9.01. The van der Waals surface area contributed by atoms with Crippen molar-refractivity contribution in [1.82, 2.24) is 14.6 Å². The van der Waals surface area contributed by atoms with E-state index < -0.39 is 33.6 Å². The van der Waals surface area contributed by atoms with Gasteiger partial charge in [0.25, 0.3) is 0 Å². The van der Waals surface area contributed by atoms with Gasteiger partial charge in [-0.2, -0.15) is 0 Å². The summed E-state index contributed by atoms with van der Waals surface area (Å²) in [5, 5.41) is 0.997. The topological polar surface area (TPSA) is 115 Å². The largest absolute Gasteiger partial charge is 0.489 e. The zero-order chi connectivity index (χ0) is 27.7. The maximum atomic E-state index is 13.2. The number of benzene rings is 2. The van der Waals surface area contributed by atoms with Gasteiger partial charge in [0.1, 0.15) is 18.0 Å². The lowest BCUT2D eigenvalue weighted by atomic mass is 10.0. The van der Waals surface area contributed by atoms with Crippen LogP contribution in [0.25, 0.3) is 10.9 Å². The van der Waals surface area contributed by atoms with Gasteiger partial charge in [0.05, 0.1) is 22.4 Å². The minimum atomic E-state index is -3.98. The first-order valence-electron chi connectivity index (χ1n) is 12.4. The lowest BCUT2D eigenvalue weighted by molar-refractivity contribution is -0.159. The molecule has 38 heavy (non-hydrogen) atoms. The number of carbonyl (C=O) groups excluding carboxylic acids is 2. The van der Waals surface area contributed by atoms with E-state index in [0.717, 1.165) is 22.2 Å². The van der Waals surface area contributed by atoms with Gasteiger partial charge in [-0.3, -0.25) is 14.6 Å². The number of para-hydroxylation sites is 1. The van der Waals surface area contributed by atoms with Crippen LogP contribution in [0, 0.1) is 12.8 Å². The summed E-state index contributed by atoms with van der Waals surface area (Å²) in [5.41, 5.74) is 2.02. The Hall–Kier alpha value is -3.50. The number of carbonyl (C=O) groups is 2. The molecule has 1 N–H and O–H groups in total. The third-order valence-electron chi connectivity index (χ3n) is 6.24. The van der Waals surface area contributed by atoms with E-state index in [0.29, 0.717) is 12.4 Å². The van der Waals surface area contributed by atoms with Crippen LogP contribution in [0.15, 0.2) is 59.5 Å². The van der Waals surface area contributed by atoms with Crippen LogP contribution in [0.2, 0.25) is 0 Å². The number of pyridine rings is 1. The minimum Gasteiger partial charge on any atom is -0.489 e. The predicted octanol–water partition coefficient (Wildman–Crippen LogP) is 3.59. The molecule has 4 rings (SSSR count). The van der Waals surface area contributed by atoms with Crippen LogP contribution in [0.3, 0.4) is 0 Å². The molecule has 1 aromatic heterocycles. The zero-order valence-electron chi connectivity index (χ0n) is 22.2. The van der Waals surface area contributed by atoms with Crippen molar-refractivity contribution in [1.29, 1.82) is 0 Å². The fraction of sp³-hybridized carbons (Fsp3) is 0.393. The molecule has 1 amide bonds. The molecular weight excluding hydrogens is 506 g/mol. The van der Waals surface area contributed by atoms with E-state index in [4.69, 9.17) is 9.47 Å². The molecule has 0 bridgehead atoms. The Bertz CT molecular complexity index is 1450. The molecule has 2 aromatic carbocycles. The Morgan fingerprint density at radius 2 is 1.76 bits per heavy atom. The fourth-order valence-corrected chi connectivity index (χ4v) is 5.72. The second kappa shape index (κ2) is 10.7. The number of sulfonamides is 1. The second-order valence-electron chi connectivity index (χ2n) is 10.5. The first kappa shape index (κ1) is 27.5. The minimum absolute atomic E-state index is 0.0271. The average Bonchev–Trinajstić information content (AvgIpc) is 3.25. The van der Waals surface area contributed by atoms with E-state index in [9.17, 15) is 18.0 Å². The Labute approximate surface area is 223 Å². The Morgan fingerprint density at radius 1 is 1.08 bits per heavy atom. The van der Waals surface area contributed by atoms with Gasteiger partial charge in [0, 0.05) is 36.7 Å². The normalized spacial score (nSPS) is 18.0. The number of aromatic nitrogens is 1. The van der Waals surface area contributed by atoms with E-state index >= 15 is 0 Å². The van der Waals surface area contributed by atoms with Crippen LogP contribution in [0.1, 0.15) is 39.0 Å². The molecule has 0 saturated carbocycles. The summed E-state index contributed by atoms with van der Waals surface area (Å²) in [5.74, 6) is -1.08. The number of ether oxygens (including phenoxy) is 2. The first-order valence-corrected chi connectivity index (χ1v) is 13.9. The molecule has 1 saturated heterocycles. The van der Waals surface area contributed by atoms with Crippen LogP contribution in [-0.4, -0.2) is 54.9 Å². The van der Waals surface area contributed by atoms with Crippen LogP contribution in [-0.2, 0) is 31.0 Å². The van der Waals surface area contributed by atoms with E-state index in [1.54, 1.807) is 32.9 Å². The summed E-state index contributed by atoms with van der Waals surface area (Å²) < 4.78 is 40.4. The van der Waals surface area contributed by atoms with Crippen LogP contribution in [0.4, 0.5) is 0 Å². The van der Waals surface area contributed by atoms with E-state index in [-0.39, 0.29) is 23.9 Å². The third kappa shape index (κ3) is 6.49. The number of nitrogens with zero attached hydrogens (tertiary/aromatic N) is 2. The summed E-state index contributed by atoms with van der Waals surface area (Å²) in [4.78, 5) is 30.7. The lowest BCUT2D eigenvalue weighted by Gasteiger charge is -2.24. The van der Waals surface area contributed by atoms with Crippen molar-refractivity contribution in [3.05, 3.63) is 65.9 Å². The molecule has 0 radical (unpaired) electrons. The van der Waals surface area contributed by atoms with Gasteiger partial charge in [-0.15, -0.1) is 0 Å². The summed E-state index contributed by atoms with van der Waals surface area (Å²) in [7, 11) is -3.98. The molecule has 1 aliphatic rings. The standard InChI is InChI=1S/C28H33N3O6S/c1-18-14-20(23-8-6-7-9-25(23)29-18)17-36-21-10-12-22(13-11-21)38(34,35)30-26-16-31(19(2)32)15-24(26)27(33)37-28(3,4)5/h6-14,24,26,30H,15-17H2,1-5H3/t24-,26+/m1/s1. The molecule has 0 aliphatic carbocycles. The van der Waals surface area contributed by atoms with Gasteiger partial charge in [0.2, 0.25) is 15.9 Å². The van der Waals surface area contributed by atoms with Gasteiger partial charge < -0.3 is 14.4 Å². The lowest BCUT2D eigenvalue weighted by Crippen LogP contribution is -2.44. The van der Waals surface area contributed by atoms with E-state index in [1.807, 2.05) is 37.3 Å². The Balaban J connectivity index is 1.46. The van der Waals surface area contributed by atoms with Crippen molar-refractivity contribution in [3.8, 4) is 5.75 Å². The van der Waals surface area contributed by atoms with Crippen molar-refractivity contribution >= 4 is 32.8 Å². The molecular formula is C28H33N3O6S. The Kier molecular flexibility index (Phi) is 7.75. The molecule has 2 atom stereocenters. The monoisotopic (exact) mass is 539 g/mol. The van der Waals surface area contributed by atoms with Crippen LogP contribution >= 0.6 is 0 Å².